The second-order valence-electron chi connectivity index (χ2n) is 6.24. The fourth-order valence-corrected chi connectivity index (χ4v) is 2.86. The van der Waals surface area contributed by atoms with Crippen molar-refractivity contribution >= 4 is 11.0 Å². The van der Waals surface area contributed by atoms with Crippen LogP contribution in [-0.2, 0) is 0 Å². The number of ether oxygens (including phenoxy) is 1. The summed E-state index contributed by atoms with van der Waals surface area (Å²) in [5.41, 5.74) is 2.08. The van der Waals surface area contributed by atoms with Crippen LogP contribution >= 0.6 is 0 Å². The molecule has 1 aliphatic heterocycles. The van der Waals surface area contributed by atoms with E-state index in [0.717, 1.165) is 42.2 Å². The van der Waals surface area contributed by atoms with Crippen LogP contribution in [-0.4, -0.2) is 29.2 Å². The molecular weight excluding hydrogens is 262 g/mol. The molecule has 3 rings (SSSR count). The number of H-pyrrole nitrogens is 1. The lowest BCUT2D eigenvalue weighted by Gasteiger charge is -2.23. The maximum Gasteiger partial charge on any atom is 0.121 e. The SMILES string of the molecule is CC(C)c1nc2ccc(OCCC3CCCCN3)cc2[nH]1. The van der Waals surface area contributed by atoms with Crippen LogP contribution < -0.4 is 10.1 Å². The minimum atomic E-state index is 0.416. The van der Waals surface area contributed by atoms with Crippen molar-refractivity contribution in [1.29, 1.82) is 0 Å². The van der Waals surface area contributed by atoms with Gasteiger partial charge in [-0.05, 0) is 37.9 Å². The van der Waals surface area contributed by atoms with Crippen LogP contribution in [0.1, 0.15) is 51.3 Å². The van der Waals surface area contributed by atoms with Gasteiger partial charge in [0.1, 0.15) is 11.6 Å². The molecule has 4 nitrogen and oxygen atoms in total. The molecule has 21 heavy (non-hydrogen) atoms. The highest BCUT2D eigenvalue weighted by Crippen LogP contribution is 2.22. The number of benzene rings is 1. The second kappa shape index (κ2) is 6.48. The van der Waals surface area contributed by atoms with Crippen LogP contribution in [0.5, 0.6) is 5.75 Å². The van der Waals surface area contributed by atoms with Crippen LogP contribution in [0.15, 0.2) is 18.2 Å². The molecule has 4 heteroatoms. The Morgan fingerprint density at radius 2 is 2.24 bits per heavy atom. The first-order valence-electron chi connectivity index (χ1n) is 8.08. The minimum absolute atomic E-state index is 0.416. The third-order valence-corrected chi connectivity index (χ3v) is 4.17. The van der Waals surface area contributed by atoms with E-state index in [4.69, 9.17) is 4.74 Å². The summed E-state index contributed by atoms with van der Waals surface area (Å²) >= 11 is 0. The molecule has 0 spiro atoms. The van der Waals surface area contributed by atoms with Gasteiger partial charge in [-0.2, -0.15) is 0 Å². The Labute approximate surface area is 126 Å². The minimum Gasteiger partial charge on any atom is -0.493 e. The average Bonchev–Trinajstić information content (AvgIpc) is 2.92. The predicted molar refractivity (Wildman–Crippen MR) is 85.9 cm³/mol. The largest absolute Gasteiger partial charge is 0.493 e. The molecule has 0 saturated carbocycles. The molecule has 1 aromatic heterocycles. The second-order valence-corrected chi connectivity index (χ2v) is 6.24. The van der Waals surface area contributed by atoms with Gasteiger partial charge in [-0.1, -0.05) is 20.3 Å². The van der Waals surface area contributed by atoms with E-state index >= 15 is 0 Å². The summed E-state index contributed by atoms with van der Waals surface area (Å²) in [5, 5.41) is 3.55. The van der Waals surface area contributed by atoms with Crippen molar-refractivity contribution in [2.24, 2.45) is 0 Å². The van der Waals surface area contributed by atoms with Crippen molar-refractivity contribution in [3.05, 3.63) is 24.0 Å². The van der Waals surface area contributed by atoms with E-state index in [0.29, 0.717) is 12.0 Å². The van der Waals surface area contributed by atoms with Crippen LogP contribution in [0.25, 0.3) is 11.0 Å². The number of piperidine rings is 1. The van der Waals surface area contributed by atoms with Crippen molar-refractivity contribution in [1.82, 2.24) is 15.3 Å². The first-order chi connectivity index (χ1) is 10.2. The number of aromatic amines is 1. The van der Waals surface area contributed by atoms with E-state index in [1.807, 2.05) is 12.1 Å². The van der Waals surface area contributed by atoms with Gasteiger partial charge in [0.25, 0.3) is 0 Å². The van der Waals surface area contributed by atoms with Crippen molar-refractivity contribution in [2.45, 2.75) is 51.5 Å². The monoisotopic (exact) mass is 287 g/mol. The van der Waals surface area contributed by atoms with E-state index in [1.54, 1.807) is 0 Å². The van der Waals surface area contributed by atoms with Gasteiger partial charge in [0, 0.05) is 18.0 Å². The number of rotatable bonds is 5. The van der Waals surface area contributed by atoms with Gasteiger partial charge in [-0.15, -0.1) is 0 Å². The summed E-state index contributed by atoms with van der Waals surface area (Å²) in [4.78, 5) is 7.96. The Morgan fingerprint density at radius 1 is 1.33 bits per heavy atom. The molecule has 1 saturated heterocycles. The number of imidazole rings is 1. The fraction of sp³-hybridized carbons (Fsp3) is 0.588. The van der Waals surface area contributed by atoms with Gasteiger partial charge >= 0.3 is 0 Å². The summed E-state index contributed by atoms with van der Waals surface area (Å²) in [6, 6.07) is 6.73. The highest BCUT2D eigenvalue weighted by atomic mass is 16.5. The number of nitrogens with one attached hydrogen (secondary N) is 2. The first-order valence-corrected chi connectivity index (χ1v) is 8.08. The topological polar surface area (TPSA) is 49.9 Å². The first kappa shape index (κ1) is 14.4. The normalized spacial score (nSPS) is 19.3. The zero-order valence-corrected chi connectivity index (χ0v) is 13.0. The average molecular weight is 287 g/mol. The molecule has 1 aliphatic rings. The summed E-state index contributed by atoms with van der Waals surface area (Å²) in [7, 11) is 0. The van der Waals surface area contributed by atoms with E-state index < -0.39 is 0 Å². The molecule has 0 aliphatic carbocycles. The maximum absolute atomic E-state index is 5.90. The summed E-state index contributed by atoms with van der Waals surface area (Å²) < 4.78 is 5.90. The smallest absolute Gasteiger partial charge is 0.121 e. The molecule has 0 bridgehead atoms. The number of fused-ring (bicyclic) bond motifs is 1. The molecule has 2 heterocycles. The van der Waals surface area contributed by atoms with Gasteiger partial charge in [0.05, 0.1) is 17.6 Å². The van der Waals surface area contributed by atoms with Gasteiger partial charge in [0.2, 0.25) is 0 Å². The highest BCUT2D eigenvalue weighted by molar-refractivity contribution is 5.76. The molecule has 0 radical (unpaired) electrons. The maximum atomic E-state index is 5.90. The molecular formula is C17H25N3O. The molecule has 1 aromatic carbocycles. The van der Waals surface area contributed by atoms with E-state index in [9.17, 15) is 0 Å². The van der Waals surface area contributed by atoms with Gasteiger partial charge in [0.15, 0.2) is 0 Å². The van der Waals surface area contributed by atoms with Gasteiger partial charge < -0.3 is 15.0 Å². The van der Waals surface area contributed by atoms with Gasteiger partial charge in [-0.25, -0.2) is 4.98 Å². The number of nitrogens with zero attached hydrogens (tertiary/aromatic N) is 1. The Balaban J connectivity index is 1.58. The molecule has 2 N–H and O–H groups in total. The lowest BCUT2D eigenvalue weighted by Crippen LogP contribution is -2.35. The quantitative estimate of drug-likeness (QED) is 0.883. The third-order valence-electron chi connectivity index (χ3n) is 4.17. The van der Waals surface area contributed by atoms with E-state index in [-0.39, 0.29) is 0 Å². The number of aromatic nitrogens is 2. The van der Waals surface area contributed by atoms with Gasteiger partial charge in [-0.3, -0.25) is 0 Å². The number of hydrogen-bond donors (Lipinski definition) is 2. The zero-order valence-electron chi connectivity index (χ0n) is 13.0. The van der Waals surface area contributed by atoms with Crippen molar-refractivity contribution in [3.8, 4) is 5.75 Å². The molecule has 114 valence electrons. The third kappa shape index (κ3) is 3.56. The van der Waals surface area contributed by atoms with E-state index in [1.165, 1.54) is 19.3 Å². The lowest BCUT2D eigenvalue weighted by atomic mass is 10.0. The molecule has 1 atom stereocenters. The Morgan fingerprint density at radius 3 is 3.00 bits per heavy atom. The van der Waals surface area contributed by atoms with Crippen molar-refractivity contribution in [2.75, 3.05) is 13.2 Å². The van der Waals surface area contributed by atoms with E-state index in [2.05, 4.69) is 35.2 Å². The molecule has 1 unspecified atom stereocenters. The van der Waals surface area contributed by atoms with Crippen LogP contribution in [0.3, 0.4) is 0 Å². The summed E-state index contributed by atoms with van der Waals surface area (Å²) in [6.07, 6.45) is 5.01. The fourth-order valence-electron chi connectivity index (χ4n) is 2.86. The van der Waals surface area contributed by atoms with Crippen LogP contribution in [0.2, 0.25) is 0 Å². The van der Waals surface area contributed by atoms with Crippen LogP contribution in [0.4, 0.5) is 0 Å². The zero-order chi connectivity index (χ0) is 14.7. The molecule has 0 amide bonds. The Bertz CT molecular complexity index is 585. The van der Waals surface area contributed by atoms with Crippen molar-refractivity contribution in [3.63, 3.8) is 0 Å². The predicted octanol–water partition coefficient (Wildman–Crippen LogP) is 3.60. The van der Waals surface area contributed by atoms with Crippen molar-refractivity contribution < 1.29 is 4.74 Å². The standard InChI is InChI=1S/C17H25N3O/c1-12(2)17-19-15-7-6-14(11-16(15)20-17)21-10-8-13-5-3-4-9-18-13/h6-7,11-13,18H,3-5,8-10H2,1-2H3,(H,19,20). The number of hydrogen-bond acceptors (Lipinski definition) is 3. The molecule has 2 aromatic rings. The Hall–Kier alpha value is -1.55. The highest BCUT2D eigenvalue weighted by Gasteiger charge is 2.12. The Kier molecular flexibility index (Phi) is 4.44. The lowest BCUT2D eigenvalue weighted by molar-refractivity contribution is 0.268. The summed E-state index contributed by atoms with van der Waals surface area (Å²) in [6.45, 7) is 6.22. The van der Waals surface area contributed by atoms with Crippen LogP contribution in [0, 0.1) is 0 Å². The summed E-state index contributed by atoms with van der Waals surface area (Å²) in [5.74, 6) is 2.38. The molecule has 1 fully saturated rings.